The van der Waals surface area contributed by atoms with Crippen LogP contribution in [0.3, 0.4) is 0 Å². The van der Waals surface area contributed by atoms with Crippen molar-refractivity contribution in [1.82, 2.24) is 9.88 Å². The lowest BCUT2D eigenvalue weighted by Gasteiger charge is -2.15. The van der Waals surface area contributed by atoms with E-state index >= 15 is 0 Å². The van der Waals surface area contributed by atoms with Crippen LogP contribution in [0.25, 0.3) is 0 Å². The van der Waals surface area contributed by atoms with E-state index in [1.54, 1.807) is 31.4 Å². The molecule has 0 unspecified atom stereocenters. The van der Waals surface area contributed by atoms with Crippen LogP contribution >= 0.6 is 0 Å². The summed E-state index contributed by atoms with van der Waals surface area (Å²) >= 11 is 0. The van der Waals surface area contributed by atoms with E-state index in [-0.39, 0.29) is 13.2 Å². The highest BCUT2D eigenvalue weighted by atomic mass is 16.5. The van der Waals surface area contributed by atoms with Gasteiger partial charge in [0.1, 0.15) is 6.54 Å². The number of amides is 1. The predicted molar refractivity (Wildman–Crippen MR) is 90.3 cm³/mol. The summed E-state index contributed by atoms with van der Waals surface area (Å²) in [6, 6.07) is 1.67. The molecule has 8 nitrogen and oxygen atoms in total. The lowest BCUT2D eigenvalue weighted by Crippen LogP contribution is -2.38. The van der Waals surface area contributed by atoms with Crippen molar-refractivity contribution >= 4 is 17.8 Å². The van der Waals surface area contributed by atoms with Crippen molar-refractivity contribution in [2.75, 3.05) is 26.9 Å². The molecule has 8 heteroatoms. The first-order valence-electron chi connectivity index (χ1n) is 8.11. The van der Waals surface area contributed by atoms with Crippen molar-refractivity contribution in [3.8, 4) is 0 Å². The Kier molecular flexibility index (Phi) is 8.13. The fraction of sp³-hybridized carbons (Fsp3) is 0.588. The van der Waals surface area contributed by atoms with Crippen LogP contribution < -0.4 is 5.32 Å². The van der Waals surface area contributed by atoms with Crippen LogP contribution in [-0.4, -0.2) is 55.4 Å². The van der Waals surface area contributed by atoms with Crippen LogP contribution in [0.4, 0.5) is 0 Å². The van der Waals surface area contributed by atoms with Gasteiger partial charge in [-0.25, -0.2) is 4.79 Å². The van der Waals surface area contributed by atoms with E-state index in [0.717, 1.165) is 5.69 Å². The van der Waals surface area contributed by atoms with E-state index in [4.69, 9.17) is 14.2 Å². The molecule has 0 spiro atoms. The minimum Gasteiger partial charge on any atom is -0.462 e. The Morgan fingerprint density at radius 2 is 1.96 bits per heavy atom. The molecule has 25 heavy (non-hydrogen) atoms. The molecule has 0 saturated heterocycles. The van der Waals surface area contributed by atoms with E-state index in [1.165, 1.54) is 14.0 Å². The fourth-order valence-electron chi connectivity index (χ4n) is 2.30. The molecule has 1 atom stereocenters. The van der Waals surface area contributed by atoms with Crippen molar-refractivity contribution in [1.29, 1.82) is 0 Å². The second kappa shape index (κ2) is 9.83. The Morgan fingerprint density at radius 3 is 2.56 bits per heavy atom. The molecule has 0 fully saturated rings. The van der Waals surface area contributed by atoms with Crippen LogP contribution in [0, 0.1) is 13.8 Å². The molecular formula is C17H26N2O6. The summed E-state index contributed by atoms with van der Waals surface area (Å²) in [6.07, 6.45) is -0.912. The Hall–Kier alpha value is -2.35. The average molecular weight is 354 g/mol. The highest BCUT2D eigenvalue weighted by Gasteiger charge is 2.21. The monoisotopic (exact) mass is 354 g/mol. The lowest BCUT2D eigenvalue weighted by molar-refractivity contribution is -0.155. The molecule has 0 aliphatic carbocycles. The number of nitrogens with zero attached hydrogens (tertiary/aromatic N) is 1. The quantitative estimate of drug-likeness (QED) is 0.524. The summed E-state index contributed by atoms with van der Waals surface area (Å²) in [6.45, 7) is 7.65. The highest BCUT2D eigenvalue weighted by molar-refractivity contribution is 5.91. The fourth-order valence-corrected chi connectivity index (χ4v) is 2.30. The van der Waals surface area contributed by atoms with Gasteiger partial charge in [-0.1, -0.05) is 0 Å². The van der Waals surface area contributed by atoms with Crippen LogP contribution in [0.5, 0.6) is 0 Å². The Balaban J connectivity index is 2.68. The van der Waals surface area contributed by atoms with Crippen LogP contribution in [0.1, 0.15) is 35.6 Å². The largest absolute Gasteiger partial charge is 0.462 e. The first-order valence-corrected chi connectivity index (χ1v) is 8.11. The molecule has 0 aliphatic heterocycles. The predicted octanol–water partition coefficient (Wildman–Crippen LogP) is 0.976. The average Bonchev–Trinajstić information content (AvgIpc) is 2.83. The molecular weight excluding hydrogens is 328 g/mol. The molecule has 0 bridgehead atoms. The Bertz CT molecular complexity index is 623. The minimum atomic E-state index is -0.912. The van der Waals surface area contributed by atoms with E-state index in [1.807, 2.05) is 0 Å². The third-order valence-electron chi connectivity index (χ3n) is 3.64. The van der Waals surface area contributed by atoms with Gasteiger partial charge in [0.15, 0.2) is 6.10 Å². The number of carbonyl (C=O) groups is 3. The van der Waals surface area contributed by atoms with Gasteiger partial charge in [0.25, 0.3) is 5.91 Å². The zero-order valence-corrected chi connectivity index (χ0v) is 15.4. The molecule has 140 valence electrons. The summed E-state index contributed by atoms with van der Waals surface area (Å²) < 4.78 is 16.6. The van der Waals surface area contributed by atoms with Crippen LogP contribution in [-0.2, 0) is 30.3 Å². The van der Waals surface area contributed by atoms with Gasteiger partial charge in [-0.3, -0.25) is 9.59 Å². The van der Waals surface area contributed by atoms with Crippen molar-refractivity contribution in [3.63, 3.8) is 0 Å². The normalized spacial score (nSPS) is 11.7. The van der Waals surface area contributed by atoms with Crippen LogP contribution in [0.2, 0.25) is 0 Å². The molecule has 0 radical (unpaired) electrons. The maximum atomic E-state index is 12.1. The second-order valence-corrected chi connectivity index (χ2v) is 5.51. The number of carbonyl (C=O) groups excluding carboxylic acids is 3. The number of aryl methyl sites for hydroxylation is 1. The number of methoxy groups -OCH3 is 1. The maximum Gasteiger partial charge on any atom is 0.339 e. The zero-order valence-electron chi connectivity index (χ0n) is 15.4. The van der Waals surface area contributed by atoms with Gasteiger partial charge in [0, 0.05) is 25.0 Å². The standard InChI is InChI=1S/C17H26N2O6/c1-6-24-17(22)14-9-11(2)19(12(14)3)10-15(20)25-13(4)16(21)18-7-8-23-5/h9,13H,6-8,10H2,1-5H3,(H,18,21)/t13-/m0/s1. The van der Waals surface area contributed by atoms with Gasteiger partial charge in [-0.2, -0.15) is 0 Å². The second-order valence-electron chi connectivity index (χ2n) is 5.51. The molecule has 1 N–H and O–H groups in total. The number of esters is 2. The molecule has 0 aromatic carbocycles. The lowest BCUT2D eigenvalue weighted by atomic mass is 10.2. The third kappa shape index (κ3) is 5.90. The molecule has 0 saturated carbocycles. The summed E-state index contributed by atoms with van der Waals surface area (Å²) in [5, 5.41) is 2.60. The van der Waals surface area contributed by atoms with Crippen molar-refractivity contribution in [2.24, 2.45) is 0 Å². The molecule has 1 heterocycles. The molecule has 1 rings (SSSR count). The molecule has 1 amide bonds. The van der Waals surface area contributed by atoms with Crippen LogP contribution in [0.15, 0.2) is 6.07 Å². The summed E-state index contributed by atoms with van der Waals surface area (Å²) in [5.41, 5.74) is 1.76. The number of hydrogen-bond acceptors (Lipinski definition) is 6. The van der Waals surface area contributed by atoms with E-state index in [9.17, 15) is 14.4 Å². The Labute approximate surface area is 147 Å². The first-order chi connectivity index (χ1) is 11.8. The van der Waals surface area contributed by atoms with E-state index in [2.05, 4.69) is 5.32 Å². The van der Waals surface area contributed by atoms with Crippen molar-refractivity contribution in [3.05, 3.63) is 23.0 Å². The smallest absolute Gasteiger partial charge is 0.339 e. The third-order valence-corrected chi connectivity index (χ3v) is 3.64. The number of ether oxygens (including phenoxy) is 3. The number of nitrogens with one attached hydrogen (secondary N) is 1. The molecule has 1 aromatic heterocycles. The molecule has 1 aromatic rings. The SMILES string of the molecule is CCOC(=O)c1cc(C)n(CC(=O)O[C@@H](C)C(=O)NCCOC)c1C. The van der Waals surface area contributed by atoms with Crippen molar-refractivity contribution < 1.29 is 28.6 Å². The summed E-state index contributed by atoms with van der Waals surface area (Å²) in [4.78, 5) is 35.8. The Morgan fingerprint density at radius 1 is 1.28 bits per heavy atom. The summed E-state index contributed by atoms with van der Waals surface area (Å²) in [7, 11) is 1.53. The zero-order chi connectivity index (χ0) is 19.0. The van der Waals surface area contributed by atoms with E-state index < -0.39 is 23.9 Å². The van der Waals surface area contributed by atoms with Gasteiger partial charge in [-0.15, -0.1) is 0 Å². The van der Waals surface area contributed by atoms with Gasteiger partial charge in [0.05, 0.1) is 18.8 Å². The van der Waals surface area contributed by atoms with Crippen molar-refractivity contribution in [2.45, 2.75) is 40.3 Å². The minimum absolute atomic E-state index is 0.0905. The van der Waals surface area contributed by atoms with Gasteiger partial charge in [0.2, 0.25) is 0 Å². The van der Waals surface area contributed by atoms with E-state index in [0.29, 0.717) is 24.4 Å². The number of hydrogen-bond donors (Lipinski definition) is 1. The summed E-state index contributed by atoms with van der Waals surface area (Å²) in [5.74, 6) is -1.38. The topological polar surface area (TPSA) is 95.9 Å². The number of rotatable bonds is 9. The highest BCUT2D eigenvalue weighted by Crippen LogP contribution is 2.16. The number of aromatic nitrogens is 1. The van der Waals surface area contributed by atoms with Gasteiger partial charge >= 0.3 is 11.9 Å². The molecule has 0 aliphatic rings. The van der Waals surface area contributed by atoms with Gasteiger partial charge in [-0.05, 0) is 33.8 Å². The first kappa shape index (κ1) is 20.7. The van der Waals surface area contributed by atoms with Gasteiger partial charge < -0.3 is 24.1 Å². The maximum absolute atomic E-state index is 12.1.